The van der Waals surface area contributed by atoms with Crippen LogP contribution in [0, 0.1) is 0 Å². The predicted molar refractivity (Wildman–Crippen MR) is 92.6 cm³/mol. The Morgan fingerprint density at radius 1 is 0.952 bits per heavy atom. The van der Waals surface area contributed by atoms with Crippen LogP contribution in [0.4, 0.5) is 0 Å². The second kappa shape index (κ2) is 18.3. The molecule has 1 radical (unpaired) electrons. The largest absolute Gasteiger partial charge is 0.617 e. The highest BCUT2D eigenvalue weighted by Crippen LogP contribution is 2.11. The number of aliphatic hydroxyl groups is 1. The van der Waals surface area contributed by atoms with Crippen molar-refractivity contribution in [3.63, 3.8) is 0 Å². The molecule has 0 saturated carbocycles. The Kier molecular flexibility index (Phi) is 20.5. The Labute approximate surface area is 135 Å². The Morgan fingerprint density at radius 2 is 1.48 bits per heavy atom. The van der Waals surface area contributed by atoms with Crippen molar-refractivity contribution in [3.05, 3.63) is 0 Å². The third kappa shape index (κ3) is 20.2. The zero-order valence-electron chi connectivity index (χ0n) is 14.6. The second-order valence-electron chi connectivity index (χ2n) is 5.70. The molecule has 0 aliphatic rings. The summed E-state index contributed by atoms with van der Waals surface area (Å²) in [6.45, 7) is 6.16. The first kappa shape index (κ1) is 23.5. The minimum atomic E-state index is -0.758. The molecule has 0 saturated heterocycles. The zero-order chi connectivity index (χ0) is 16.5. The quantitative estimate of drug-likeness (QED) is 0.426. The van der Waals surface area contributed by atoms with Crippen molar-refractivity contribution in [1.29, 1.82) is 0 Å². The van der Waals surface area contributed by atoms with Gasteiger partial charge in [0.15, 0.2) is 0 Å². The Balaban J connectivity index is 0. The van der Waals surface area contributed by atoms with E-state index in [9.17, 15) is 14.8 Å². The van der Waals surface area contributed by atoms with E-state index in [1.165, 1.54) is 25.7 Å². The van der Waals surface area contributed by atoms with Crippen molar-refractivity contribution >= 4 is 11.2 Å². The topological polar surface area (TPSA) is 63.2 Å². The highest BCUT2D eigenvalue weighted by molar-refractivity contribution is 7.90. The lowest BCUT2D eigenvalue weighted by molar-refractivity contribution is -0.0322. The smallest absolute Gasteiger partial charge is 0.119 e. The maximum atomic E-state index is 11.3. The molecule has 3 unspecified atom stereocenters. The molecule has 1 N–H and O–H groups in total. The maximum absolute atomic E-state index is 11.3. The van der Waals surface area contributed by atoms with Gasteiger partial charge in [-0.25, -0.2) is 5.11 Å². The fraction of sp³-hybridized carbons (Fsp3) is 1.00. The molecule has 0 rings (SSSR count). The van der Waals surface area contributed by atoms with Crippen LogP contribution in [0.25, 0.3) is 0 Å². The number of rotatable bonds is 12. The van der Waals surface area contributed by atoms with E-state index in [2.05, 4.69) is 13.8 Å². The van der Waals surface area contributed by atoms with Gasteiger partial charge in [0.05, 0.1) is 12.4 Å². The molecule has 0 aromatic heterocycles. The zero-order valence-corrected chi connectivity index (χ0v) is 15.4. The van der Waals surface area contributed by atoms with Crippen molar-refractivity contribution in [1.82, 2.24) is 0 Å². The molecular formula is C17H37O3S. The summed E-state index contributed by atoms with van der Waals surface area (Å²) in [7, 11) is 0. The molecule has 0 fully saturated rings. The summed E-state index contributed by atoms with van der Waals surface area (Å²) in [5.74, 6) is 0.872. The van der Waals surface area contributed by atoms with E-state index < -0.39 is 23.4 Å². The highest BCUT2D eigenvalue weighted by Gasteiger charge is 2.14. The lowest BCUT2D eigenvalue weighted by atomic mass is 10.0. The first-order chi connectivity index (χ1) is 9.99. The van der Waals surface area contributed by atoms with Gasteiger partial charge in [0, 0.05) is 0 Å². The monoisotopic (exact) mass is 321 g/mol. The van der Waals surface area contributed by atoms with Crippen LogP contribution in [-0.2, 0) is 16.3 Å². The van der Waals surface area contributed by atoms with E-state index >= 15 is 0 Å². The summed E-state index contributed by atoms with van der Waals surface area (Å²) < 4.78 is 10.3. The summed E-state index contributed by atoms with van der Waals surface area (Å²) in [4.78, 5) is 0. The van der Waals surface area contributed by atoms with Crippen LogP contribution in [0.1, 0.15) is 85.0 Å². The van der Waals surface area contributed by atoms with Crippen molar-refractivity contribution in [2.45, 2.75) is 97.2 Å². The molecule has 4 heteroatoms. The first-order valence-corrected chi connectivity index (χ1v) is 10.4. The van der Waals surface area contributed by atoms with Crippen molar-refractivity contribution in [2.24, 2.45) is 0 Å². The van der Waals surface area contributed by atoms with Gasteiger partial charge in [-0.05, 0) is 19.3 Å². The van der Waals surface area contributed by atoms with Crippen molar-refractivity contribution in [3.8, 4) is 0 Å². The summed E-state index contributed by atoms with van der Waals surface area (Å²) >= 11 is -0.565. The van der Waals surface area contributed by atoms with Crippen LogP contribution in [0.15, 0.2) is 0 Å². The maximum Gasteiger partial charge on any atom is 0.119 e. The SMILES string of the molecule is CCCCCCCCC([O])C(O)CC.CCCC[S+](C)[O-]. The fourth-order valence-corrected chi connectivity index (χ4v) is 2.62. The lowest BCUT2D eigenvalue weighted by Crippen LogP contribution is -2.23. The Morgan fingerprint density at radius 3 is 1.90 bits per heavy atom. The molecule has 3 atom stereocenters. The minimum Gasteiger partial charge on any atom is -0.617 e. The molecule has 0 heterocycles. The van der Waals surface area contributed by atoms with Crippen LogP contribution < -0.4 is 0 Å². The molecule has 3 nitrogen and oxygen atoms in total. The number of unbranched alkanes of at least 4 members (excludes halogenated alkanes) is 6. The van der Waals surface area contributed by atoms with Gasteiger partial charge in [-0.3, -0.25) is 0 Å². The van der Waals surface area contributed by atoms with Crippen LogP contribution in [-0.4, -0.2) is 33.9 Å². The van der Waals surface area contributed by atoms with E-state index in [4.69, 9.17) is 0 Å². The molecule has 0 aliphatic carbocycles. The number of aliphatic hydroxyl groups excluding tert-OH is 1. The van der Waals surface area contributed by atoms with Gasteiger partial charge in [0.2, 0.25) is 0 Å². The van der Waals surface area contributed by atoms with E-state index in [-0.39, 0.29) is 0 Å². The molecule has 0 aromatic rings. The summed E-state index contributed by atoms with van der Waals surface area (Å²) in [6, 6.07) is 0. The van der Waals surface area contributed by atoms with Gasteiger partial charge in [-0.1, -0.05) is 76.9 Å². The third-order valence-corrected chi connectivity index (χ3v) is 4.34. The molecular weight excluding hydrogens is 284 g/mol. The van der Waals surface area contributed by atoms with Gasteiger partial charge in [0.1, 0.15) is 11.9 Å². The Hall–Kier alpha value is 0.230. The number of hydrogen-bond acceptors (Lipinski definition) is 2. The number of hydrogen-bond donors (Lipinski definition) is 1. The summed E-state index contributed by atoms with van der Waals surface area (Å²) in [5, 5.41) is 20.6. The summed E-state index contributed by atoms with van der Waals surface area (Å²) in [5.41, 5.74) is 0. The normalized spacial score (nSPS) is 15.0. The van der Waals surface area contributed by atoms with Crippen molar-refractivity contribution in [2.75, 3.05) is 12.0 Å². The lowest BCUT2D eigenvalue weighted by Gasteiger charge is -2.13. The summed E-state index contributed by atoms with van der Waals surface area (Å²) in [6.07, 6.45) is 11.1. The molecule has 0 bridgehead atoms. The molecule has 0 aromatic carbocycles. The molecule has 0 aliphatic heterocycles. The van der Waals surface area contributed by atoms with E-state index in [0.717, 1.165) is 31.4 Å². The average Bonchev–Trinajstić information content (AvgIpc) is 2.48. The van der Waals surface area contributed by atoms with E-state index in [1.807, 2.05) is 6.92 Å². The second-order valence-corrected chi connectivity index (χ2v) is 7.26. The Bertz CT molecular complexity index is 189. The van der Waals surface area contributed by atoms with Gasteiger partial charge in [-0.2, -0.15) is 0 Å². The van der Waals surface area contributed by atoms with Gasteiger partial charge >= 0.3 is 0 Å². The first-order valence-electron chi connectivity index (χ1n) is 8.63. The average molecular weight is 322 g/mol. The van der Waals surface area contributed by atoms with E-state index in [1.54, 1.807) is 6.26 Å². The minimum absolute atomic E-state index is 0.565. The van der Waals surface area contributed by atoms with Crippen LogP contribution in [0.2, 0.25) is 0 Å². The predicted octanol–water partition coefficient (Wildman–Crippen LogP) is 4.47. The molecule has 21 heavy (non-hydrogen) atoms. The van der Waals surface area contributed by atoms with Crippen LogP contribution in [0.5, 0.6) is 0 Å². The van der Waals surface area contributed by atoms with Crippen molar-refractivity contribution < 1.29 is 14.8 Å². The van der Waals surface area contributed by atoms with E-state index in [0.29, 0.717) is 12.8 Å². The van der Waals surface area contributed by atoms with Gasteiger partial charge in [-0.15, -0.1) is 0 Å². The van der Waals surface area contributed by atoms with Gasteiger partial charge in [0.25, 0.3) is 0 Å². The molecule has 0 amide bonds. The molecule has 0 spiro atoms. The molecule has 129 valence electrons. The third-order valence-electron chi connectivity index (χ3n) is 3.47. The highest BCUT2D eigenvalue weighted by atomic mass is 32.2. The van der Waals surface area contributed by atoms with Crippen LogP contribution in [0.3, 0.4) is 0 Å². The van der Waals surface area contributed by atoms with Gasteiger partial charge < -0.3 is 9.66 Å². The standard InChI is InChI=1S/C12H25O2.C5H12OS/c1-3-5-6-7-8-9-10-12(14)11(13)4-2;1-3-4-5-7(2)6/h11-13H,3-10H2,1-2H3;3-5H2,1-2H3. The fourth-order valence-electron chi connectivity index (χ4n) is 1.93. The van der Waals surface area contributed by atoms with Crippen LogP contribution >= 0.6 is 0 Å².